The molecule has 0 aromatic heterocycles. The van der Waals surface area contributed by atoms with Crippen molar-refractivity contribution >= 4 is 24.7 Å². The minimum Gasteiger partial charge on any atom is -0.494 e. The lowest BCUT2D eigenvalue weighted by molar-refractivity contribution is -0.107. The topological polar surface area (TPSA) is 52.6 Å². The first kappa shape index (κ1) is 21.2. The Hall–Kier alpha value is -3.14. The van der Waals surface area contributed by atoms with Crippen LogP contribution >= 0.6 is 0 Å². The average molecular weight is 378 g/mol. The van der Waals surface area contributed by atoms with Crippen LogP contribution in [0.15, 0.2) is 59.7 Å². The van der Waals surface area contributed by atoms with Gasteiger partial charge in [-0.15, -0.1) is 0 Å². The summed E-state index contributed by atoms with van der Waals surface area (Å²) in [7, 11) is 0. The SMILES string of the molecule is CCCOc1cccc(/C=C(C=O)/C(C=O)=C/c2cccc(OCCC)c2)c1. The summed E-state index contributed by atoms with van der Waals surface area (Å²) in [4.78, 5) is 23.3. The predicted octanol–water partition coefficient (Wildman–Crippen LogP) is 5.13. The molecule has 2 rings (SSSR count). The lowest BCUT2D eigenvalue weighted by atomic mass is 10.0. The standard InChI is InChI=1S/C24H26O4/c1-3-11-27-23-9-5-7-19(15-23)13-21(17-25)22(18-26)14-20-8-6-10-24(16-20)28-12-4-2/h5-10,13-18H,3-4,11-12H2,1-2H3/b21-13+,22-14+. The summed E-state index contributed by atoms with van der Waals surface area (Å²) < 4.78 is 11.2. The highest BCUT2D eigenvalue weighted by molar-refractivity contribution is 6.02. The minimum atomic E-state index is 0.308. The van der Waals surface area contributed by atoms with Gasteiger partial charge in [-0.2, -0.15) is 0 Å². The Balaban J connectivity index is 2.30. The van der Waals surface area contributed by atoms with E-state index < -0.39 is 0 Å². The van der Waals surface area contributed by atoms with Crippen LogP contribution in [0.25, 0.3) is 12.2 Å². The fourth-order valence-electron chi connectivity index (χ4n) is 2.56. The van der Waals surface area contributed by atoms with Gasteiger partial charge in [0.1, 0.15) is 11.5 Å². The largest absolute Gasteiger partial charge is 0.494 e. The maximum absolute atomic E-state index is 11.6. The summed E-state index contributed by atoms with van der Waals surface area (Å²) in [6.07, 6.45) is 6.58. The second kappa shape index (κ2) is 11.5. The molecule has 0 aliphatic heterocycles. The highest BCUT2D eigenvalue weighted by atomic mass is 16.5. The molecule has 2 aromatic rings. The highest BCUT2D eigenvalue weighted by Crippen LogP contribution is 2.21. The number of rotatable bonds is 11. The molecule has 0 unspecified atom stereocenters. The van der Waals surface area contributed by atoms with Crippen molar-refractivity contribution in [1.82, 2.24) is 0 Å². The first-order valence-electron chi connectivity index (χ1n) is 9.50. The van der Waals surface area contributed by atoms with Crippen LogP contribution in [0.3, 0.4) is 0 Å². The van der Waals surface area contributed by atoms with Crippen LogP contribution in [0.1, 0.15) is 37.8 Å². The van der Waals surface area contributed by atoms with E-state index in [1.54, 1.807) is 12.2 Å². The second-order valence-electron chi connectivity index (χ2n) is 6.28. The number of carbonyl (C=O) groups is 2. The molecule has 4 heteroatoms. The van der Waals surface area contributed by atoms with Gasteiger partial charge in [0.2, 0.25) is 0 Å². The Kier molecular flexibility index (Phi) is 8.73. The van der Waals surface area contributed by atoms with E-state index in [-0.39, 0.29) is 0 Å². The molecule has 0 aliphatic carbocycles. The van der Waals surface area contributed by atoms with Gasteiger partial charge in [0.25, 0.3) is 0 Å². The molecule has 0 saturated carbocycles. The van der Waals surface area contributed by atoms with E-state index >= 15 is 0 Å². The second-order valence-corrected chi connectivity index (χ2v) is 6.28. The Labute approximate surface area is 166 Å². The Morgan fingerprint density at radius 3 is 1.54 bits per heavy atom. The van der Waals surface area contributed by atoms with Crippen molar-refractivity contribution in [2.45, 2.75) is 26.7 Å². The summed E-state index contributed by atoms with van der Waals surface area (Å²) in [5.74, 6) is 1.47. The molecular weight excluding hydrogens is 352 g/mol. The van der Waals surface area contributed by atoms with Crippen LogP contribution in [0, 0.1) is 0 Å². The summed E-state index contributed by atoms with van der Waals surface area (Å²) in [5.41, 5.74) is 2.21. The molecule has 146 valence electrons. The molecule has 2 aromatic carbocycles. The van der Waals surface area contributed by atoms with E-state index in [1.165, 1.54) is 0 Å². The quantitative estimate of drug-likeness (QED) is 0.309. The van der Waals surface area contributed by atoms with Gasteiger partial charge in [-0.3, -0.25) is 9.59 Å². The van der Waals surface area contributed by atoms with Crippen LogP contribution in [0.2, 0.25) is 0 Å². The first-order chi connectivity index (χ1) is 13.7. The van der Waals surface area contributed by atoms with Crippen molar-refractivity contribution in [3.8, 4) is 11.5 Å². The Morgan fingerprint density at radius 2 is 1.18 bits per heavy atom. The van der Waals surface area contributed by atoms with Crippen LogP contribution in [-0.2, 0) is 9.59 Å². The summed E-state index contributed by atoms with van der Waals surface area (Å²) in [6.45, 7) is 5.34. The van der Waals surface area contributed by atoms with Crippen LogP contribution in [0.4, 0.5) is 0 Å². The molecule has 28 heavy (non-hydrogen) atoms. The van der Waals surface area contributed by atoms with Crippen LogP contribution in [0.5, 0.6) is 11.5 Å². The number of aldehydes is 2. The zero-order valence-electron chi connectivity index (χ0n) is 16.4. The lowest BCUT2D eigenvalue weighted by Gasteiger charge is -2.07. The molecule has 0 fully saturated rings. The smallest absolute Gasteiger partial charge is 0.150 e. The number of allylic oxidation sites excluding steroid dienone is 2. The van der Waals surface area contributed by atoms with Gasteiger partial charge in [-0.1, -0.05) is 38.1 Å². The van der Waals surface area contributed by atoms with Crippen molar-refractivity contribution in [2.75, 3.05) is 13.2 Å². The number of hydrogen-bond acceptors (Lipinski definition) is 4. The van der Waals surface area contributed by atoms with E-state index in [1.807, 2.05) is 62.4 Å². The lowest BCUT2D eigenvalue weighted by Crippen LogP contribution is -1.96. The van der Waals surface area contributed by atoms with E-state index in [0.717, 1.165) is 35.5 Å². The molecule has 0 spiro atoms. The highest BCUT2D eigenvalue weighted by Gasteiger charge is 2.06. The van der Waals surface area contributed by atoms with Crippen molar-refractivity contribution < 1.29 is 19.1 Å². The Morgan fingerprint density at radius 1 is 0.750 bits per heavy atom. The summed E-state index contributed by atoms with van der Waals surface area (Å²) in [5, 5.41) is 0. The molecule has 0 amide bonds. The molecule has 0 bridgehead atoms. The number of benzene rings is 2. The molecule has 0 atom stereocenters. The molecular formula is C24H26O4. The summed E-state index contributed by atoms with van der Waals surface area (Å²) in [6, 6.07) is 14.9. The third kappa shape index (κ3) is 6.54. The Bertz CT molecular complexity index is 778. The van der Waals surface area contributed by atoms with E-state index in [2.05, 4.69) is 0 Å². The maximum atomic E-state index is 11.6. The van der Waals surface area contributed by atoms with Gasteiger partial charge < -0.3 is 9.47 Å². The fraction of sp³-hybridized carbons (Fsp3) is 0.250. The van der Waals surface area contributed by atoms with Crippen LogP contribution < -0.4 is 9.47 Å². The monoisotopic (exact) mass is 378 g/mol. The first-order valence-corrected chi connectivity index (χ1v) is 9.50. The molecule has 0 heterocycles. The maximum Gasteiger partial charge on any atom is 0.150 e. The zero-order valence-corrected chi connectivity index (χ0v) is 16.4. The van der Waals surface area contributed by atoms with Gasteiger partial charge in [-0.05, 0) is 60.4 Å². The normalized spacial score (nSPS) is 11.8. The number of ether oxygens (including phenoxy) is 2. The zero-order chi connectivity index (χ0) is 20.2. The van der Waals surface area contributed by atoms with Crippen molar-refractivity contribution in [3.63, 3.8) is 0 Å². The van der Waals surface area contributed by atoms with Gasteiger partial charge in [0.05, 0.1) is 13.2 Å². The third-order valence-electron chi connectivity index (χ3n) is 3.89. The molecule has 0 saturated heterocycles. The van der Waals surface area contributed by atoms with E-state index in [0.29, 0.717) is 36.9 Å². The summed E-state index contributed by atoms with van der Waals surface area (Å²) >= 11 is 0. The van der Waals surface area contributed by atoms with E-state index in [4.69, 9.17) is 9.47 Å². The predicted molar refractivity (Wildman–Crippen MR) is 113 cm³/mol. The van der Waals surface area contributed by atoms with Gasteiger partial charge in [0.15, 0.2) is 12.6 Å². The van der Waals surface area contributed by atoms with Gasteiger partial charge >= 0.3 is 0 Å². The molecule has 0 aliphatic rings. The minimum absolute atomic E-state index is 0.308. The van der Waals surface area contributed by atoms with Gasteiger partial charge in [0, 0.05) is 11.1 Å². The van der Waals surface area contributed by atoms with Gasteiger partial charge in [-0.25, -0.2) is 0 Å². The molecule has 0 N–H and O–H groups in total. The van der Waals surface area contributed by atoms with Crippen molar-refractivity contribution in [2.24, 2.45) is 0 Å². The third-order valence-corrected chi connectivity index (χ3v) is 3.89. The fourth-order valence-corrected chi connectivity index (χ4v) is 2.56. The average Bonchev–Trinajstić information content (AvgIpc) is 2.73. The van der Waals surface area contributed by atoms with E-state index in [9.17, 15) is 9.59 Å². The van der Waals surface area contributed by atoms with Crippen molar-refractivity contribution in [3.05, 3.63) is 70.8 Å². The molecule has 0 radical (unpaired) electrons. The number of hydrogen-bond donors (Lipinski definition) is 0. The number of carbonyl (C=O) groups excluding carboxylic acids is 2. The van der Waals surface area contributed by atoms with Crippen molar-refractivity contribution in [1.29, 1.82) is 0 Å². The van der Waals surface area contributed by atoms with Crippen LogP contribution in [-0.4, -0.2) is 25.8 Å². The molecule has 4 nitrogen and oxygen atoms in total.